The molecule has 0 saturated carbocycles. The van der Waals surface area contributed by atoms with E-state index in [1.165, 1.54) is 18.2 Å². The molecule has 0 aliphatic carbocycles. The molecule has 0 aliphatic rings. The van der Waals surface area contributed by atoms with Crippen LogP contribution in [0.15, 0.2) is 45.6 Å². The third kappa shape index (κ3) is 2.93. The number of hydrogen-bond donors (Lipinski definition) is 0. The molecule has 1 heterocycles. The summed E-state index contributed by atoms with van der Waals surface area (Å²) in [5, 5.41) is 20.8. The average molecular weight is 336 g/mol. The van der Waals surface area contributed by atoms with Crippen LogP contribution >= 0.6 is 0 Å². The Hall–Kier alpha value is -3.66. The predicted octanol–water partition coefficient (Wildman–Crippen LogP) is 3.98. The fourth-order valence-corrected chi connectivity index (χ4v) is 2.54. The molecule has 7 nitrogen and oxygen atoms in total. The van der Waals surface area contributed by atoms with Crippen molar-refractivity contribution < 1.29 is 14.1 Å². The largest absolute Gasteiger partial charge is 0.456 e. The summed E-state index contributed by atoms with van der Waals surface area (Å²) in [6.45, 7) is 3.54. The summed E-state index contributed by atoms with van der Waals surface area (Å²) in [7, 11) is 0. The standard InChI is InChI=1S/C18H12N2O5/c1-10-7-17(21)25-18-11(2)15(6-4-14(10)18)24-16-5-3-13(20(22)23)8-12(16)9-19/h3-8H,1-2H3. The first-order chi connectivity index (χ1) is 11.9. The van der Waals surface area contributed by atoms with Gasteiger partial charge in [-0.05, 0) is 37.6 Å². The Bertz CT molecular complexity index is 1110. The number of aryl methyl sites for hydroxylation is 2. The van der Waals surface area contributed by atoms with E-state index >= 15 is 0 Å². The summed E-state index contributed by atoms with van der Waals surface area (Å²) in [5.74, 6) is 0.581. The fraction of sp³-hybridized carbons (Fsp3) is 0.111. The number of ether oxygens (including phenoxy) is 1. The summed E-state index contributed by atoms with van der Waals surface area (Å²) in [4.78, 5) is 21.8. The molecule has 0 spiro atoms. The number of fused-ring (bicyclic) bond motifs is 1. The molecule has 0 radical (unpaired) electrons. The van der Waals surface area contributed by atoms with Crippen molar-refractivity contribution in [3.63, 3.8) is 0 Å². The molecule has 7 heteroatoms. The van der Waals surface area contributed by atoms with Crippen molar-refractivity contribution in [1.29, 1.82) is 5.26 Å². The summed E-state index contributed by atoms with van der Waals surface area (Å²) >= 11 is 0. The van der Waals surface area contributed by atoms with Gasteiger partial charge in [0.2, 0.25) is 0 Å². The first-order valence-corrected chi connectivity index (χ1v) is 7.31. The molecule has 0 bridgehead atoms. The Balaban J connectivity index is 2.10. The molecular weight excluding hydrogens is 324 g/mol. The van der Waals surface area contributed by atoms with Crippen molar-refractivity contribution in [3.8, 4) is 17.6 Å². The second kappa shape index (κ2) is 6.09. The number of benzene rings is 2. The Morgan fingerprint density at radius 2 is 1.88 bits per heavy atom. The maximum absolute atomic E-state index is 11.6. The zero-order chi connectivity index (χ0) is 18.1. The Morgan fingerprint density at radius 3 is 2.56 bits per heavy atom. The van der Waals surface area contributed by atoms with Crippen LogP contribution in [-0.4, -0.2) is 4.92 Å². The average Bonchev–Trinajstić information content (AvgIpc) is 2.57. The number of nitriles is 1. The van der Waals surface area contributed by atoms with Gasteiger partial charge in [-0.3, -0.25) is 10.1 Å². The molecule has 0 fully saturated rings. The summed E-state index contributed by atoms with van der Waals surface area (Å²) in [6, 6.07) is 10.5. The highest BCUT2D eigenvalue weighted by atomic mass is 16.6. The van der Waals surface area contributed by atoms with Gasteiger partial charge in [-0.25, -0.2) is 4.79 Å². The fourth-order valence-electron chi connectivity index (χ4n) is 2.54. The molecule has 0 aliphatic heterocycles. The molecule has 3 rings (SSSR count). The maximum Gasteiger partial charge on any atom is 0.336 e. The van der Waals surface area contributed by atoms with Crippen molar-refractivity contribution in [1.82, 2.24) is 0 Å². The number of rotatable bonds is 3. The van der Waals surface area contributed by atoms with Gasteiger partial charge in [-0.2, -0.15) is 5.26 Å². The number of hydrogen-bond acceptors (Lipinski definition) is 6. The van der Waals surface area contributed by atoms with Crippen LogP contribution in [0, 0.1) is 35.3 Å². The van der Waals surface area contributed by atoms with Crippen LogP contribution in [-0.2, 0) is 0 Å². The quantitative estimate of drug-likeness (QED) is 0.407. The minimum atomic E-state index is -0.580. The monoisotopic (exact) mass is 336 g/mol. The topological polar surface area (TPSA) is 106 Å². The van der Waals surface area contributed by atoms with E-state index in [0.29, 0.717) is 16.9 Å². The lowest BCUT2D eigenvalue weighted by Gasteiger charge is -2.12. The van der Waals surface area contributed by atoms with Crippen molar-refractivity contribution in [2.45, 2.75) is 13.8 Å². The molecule has 0 N–H and O–H groups in total. The zero-order valence-electron chi connectivity index (χ0n) is 13.4. The van der Waals surface area contributed by atoms with Gasteiger partial charge >= 0.3 is 5.63 Å². The number of nitrogens with zero attached hydrogens (tertiary/aromatic N) is 2. The number of nitro benzene ring substituents is 1. The van der Waals surface area contributed by atoms with Gasteiger partial charge in [0.25, 0.3) is 5.69 Å². The number of nitro groups is 1. The minimum Gasteiger partial charge on any atom is -0.456 e. The van der Waals surface area contributed by atoms with Crippen LogP contribution in [0.2, 0.25) is 0 Å². The van der Waals surface area contributed by atoms with E-state index in [4.69, 9.17) is 9.15 Å². The predicted molar refractivity (Wildman–Crippen MR) is 89.8 cm³/mol. The second-order valence-corrected chi connectivity index (χ2v) is 5.47. The van der Waals surface area contributed by atoms with E-state index in [0.717, 1.165) is 17.0 Å². The van der Waals surface area contributed by atoms with Crippen LogP contribution in [0.25, 0.3) is 11.0 Å². The first kappa shape index (κ1) is 16.2. The van der Waals surface area contributed by atoms with Crippen molar-refractivity contribution >= 4 is 16.7 Å². The molecule has 25 heavy (non-hydrogen) atoms. The van der Waals surface area contributed by atoms with Crippen molar-refractivity contribution in [2.75, 3.05) is 0 Å². The Labute approximate surface area is 141 Å². The molecule has 0 unspecified atom stereocenters. The molecule has 0 atom stereocenters. The SMILES string of the molecule is Cc1cc(=O)oc2c(C)c(Oc3ccc([N+](=O)[O-])cc3C#N)ccc12. The highest BCUT2D eigenvalue weighted by Crippen LogP contribution is 2.33. The van der Waals surface area contributed by atoms with E-state index in [2.05, 4.69) is 0 Å². The lowest BCUT2D eigenvalue weighted by Crippen LogP contribution is -2.00. The third-order valence-corrected chi connectivity index (χ3v) is 3.83. The van der Waals surface area contributed by atoms with E-state index in [1.54, 1.807) is 19.1 Å². The highest BCUT2D eigenvalue weighted by Gasteiger charge is 2.15. The molecule has 124 valence electrons. The van der Waals surface area contributed by atoms with Crippen molar-refractivity contribution in [3.05, 3.63) is 73.6 Å². The normalized spacial score (nSPS) is 10.4. The maximum atomic E-state index is 11.6. The number of non-ortho nitro benzene ring substituents is 1. The van der Waals surface area contributed by atoms with E-state index < -0.39 is 10.5 Å². The van der Waals surface area contributed by atoms with Crippen molar-refractivity contribution in [2.24, 2.45) is 0 Å². The zero-order valence-corrected chi connectivity index (χ0v) is 13.4. The van der Waals surface area contributed by atoms with Gasteiger partial charge in [-0.1, -0.05) is 0 Å². The molecule has 0 saturated heterocycles. The Morgan fingerprint density at radius 1 is 1.16 bits per heavy atom. The van der Waals surface area contributed by atoms with Crippen LogP contribution < -0.4 is 10.4 Å². The van der Waals surface area contributed by atoms with E-state index in [9.17, 15) is 20.2 Å². The van der Waals surface area contributed by atoms with Gasteiger partial charge in [0.15, 0.2) is 0 Å². The molecule has 0 amide bonds. The molecule has 3 aromatic rings. The molecule has 1 aromatic heterocycles. The Kier molecular flexibility index (Phi) is 3.95. The van der Waals surface area contributed by atoms with Crippen LogP contribution in [0.3, 0.4) is 0 Å². The van der Waals surface area contributed by atoms with Crippen LogP contribution in [0.4, 0.5) is 5.69 Å². The highest BCUT2D eigenvalue weighted by molar-refractivity contribution is 5.84. The summed E-state index contributed by atoms with van der Waals surface area (Å²) in [6.07, 6.45) is 0. The van der Waals surface area contributed by atoms with Crippen LogP contribution in [0.1, 0.15) is 16.7 Å². The third-order valence-electron chi connectivity index (χ3n) is 3.83. The van der Waals surface area contributed by atoms with Gasteiger partial charge in [-0.15, -0.1) is 0 Å². The van der Waals surface area contributed by atoms with Crippen LogP contribution in [0.5, 0.6) is 11.5 Å². The minimum absolute atomic E-state index is 0.0411. The smallest absolute Gasteiger partial charge is 0.336 e. The van der Waals surface area contributed by atoms with Gasteiger partial charge < -0.3 is 9.15 Å². The lowest BCUT2D eigenvalue weighted by atomic mass is 10.1. The second-order valence-electron chi connectivity index (χ2n) is 5.47. The molecular formula is C18H12N2O5. The summed E-state index contributed by atoms with van der Waals surface area (Å²) < 4.78 is 11.0. The first-order valence-electron chi connectivity index (χ1n) is 7.31. The van der Waals surface area contributed by atoms with Gasteiger partial charge in [0.1, 0.15) is 28.7 Å². The van der Waals surface area contributed by atoms with Gasteiger partial charge in [0.05, 0.1) is 4.92 Å². The van der Waals surface area contributed by atoms with E-state index in [-0.39, 0.29) is 17.0 Å². The lowest BCUT2D eigenvalue weighted by molar-refractivity contribution is -0.384. The molecule has 2 aromatic carbocycles. The van der Waals surface area contributed by atoms with E-state index in [1.807, 2.05) is 13.0 Å². The summed E-state index contributed by atoms with van der Waals surface area (Å²) in [5.41, 5.74) is 1.18. The van der Waals surface area contributed by atoms with Gasteiger partial charge in [0, 0.05) is 29.1 Å².